The van der Waals surface area contributed by atoms with E-state index in [0.29, 0.717) is 6.54 Å². The summed E-state index contributed by atoms with van der Waals surface area (Å²) in [6.45, 7) is 2.72. The third kappa shape index (κ3) is 2.78. The van der Waals surface area contributed by atoms with Crippen molar-refractivity contribution in [1.29, 1.82) is 5.26 Å². The molecule has 1 fully saturated rings. The van der Waals surface area contributed by atoms with E-state index in [1.165, 1.54) is 0 Å². The smallest absolute Gasteiger partial charge is 0.270 e. The molecular formula is C12H18N4OS. The van der Waals surface area contributed by atoms with Crippen LogP contribution in [0.15, 0.2) is 9.95 Å². The van der Waals surface area contributed by atoms with Crippen molar-refractivity contribution >= 4 is 11.8 Å². The van der Waals surface area contributed by atoms with E-state index >= 15 is 0 Å². The molecule has 1 aliphatic rings. The van der Waals surface area contributed by atoms with E-state index in [4.69, 9.17) is 5.26 Å². The minimum atomic E-state index is -0.149. The van der Waals surface area contributed by atoms with Gasteiger partial charge in [0.25, 0.3) is 0 Å². The summed E-state index contributed by atoms with van der Waals surface area (Å²) in [4.78, 5) is 11.6. The second-order valence-corrected chi connectivity index (χ2v) is 5.85. The fourth-order valence-electron chi connectivity index (χ4n) is 2.33. The Kier molecular flexibility index (Phi) is 4.48. The monoisotopic (exact) mass is 266 g/mol. The van der Waals surface area contributed by atoms with Crippen molar-refractivity contribution in [2.24, 2.45) is 5.92 Å². The van der Waals surface area contributed by atoms with E-state index < -0.39 is 0 Å². The average Bonchev–Trinajstić information content (AvgIpc) is 2.73. The van der Waals surface area contributed by atoms with Crippen molar-refractivity contribution in [3.8, 4) is 6.07 Å². The van der Waals surface area contributed by atoms with Crippen molar-refractivity contribution in [3.63, 3.8) is 0 Å². The zero-order valence-electron chi connectivity index (χ0n) is 10.6. The fraction of sp³-hybridized carbons (Fsp3) is 0.750. The molecular weight excluding hydrogens is 248 g/mol. The Morgan fingerprint density at radius 1 is 1.56 bits per heavy atom. The topological polar surface area (TPSA) is 74.5 Å². The van der Waals surface area contributed by atoms with Crippen LogP contribution in [0.5, 0.6) is 0 Å². The third-order valence-electron chi connectivity index (χ3n) is 3.30. The Labute approximate surface area is 111 Å². The van der Waals surface area contributed by atoms with Gasteiger partial charge in [-0.1, -0.05) is 31.5 Å². The lowest BCUT2D eigenvalue weighted by atomic mass is 9.90. The summed E-state index contributed by atoms with van der Waals surface area (Å²) in [5.41, 5.74) is -0.149. The second kappa shape index (κ2) is 6.10. The fourth-order valence-corrected chi connectivity index (χ4v) is 3.65. The number of hydrogen-bond donors (Lipinski definition) is 1. The summed E-state index contributed by atoms with van der Waals surface area (Å²) in [7, 11) is 0. The van der Waals surface area contributed by atoms with Crippen LogP contribution in [0.1, 0.15) is 39.0 Å². The number of thioether (sulfide) groups is 1. The summed E-state index contributed by atoms with van der Waals surface area (Å²) >= 11 is 1.58. The SMILES string of the molecule is CCCn1c(SC2CCCCC2C#N)n[nH]c1=O. The maximum atomic E-state index is 11.6. The van der Waals surface area contributed by atoms with Crippen molar-refractivity contribution < 1.29 is 0 Å². The molecule has 2 atom stereocenters. The van der Waals surface area contributed by atoms with Crippen molar-refractivity contribution in [2.75, 3.05) is 0 Å². The Hall–Kier alpha value is -1.22. The lowest BCUT2D eigenvalue weighted by Gasteiger charge is -2.25. The van der Waals surface area contributed by atoms with Crippen LogP contribution in [0, 0.1) is 17.2 Å². The Morgan fingerprint density at radius 3 is 3.06 bits per heavy atom. The van der Waals surface area contributed by atoms with Gasteiger partial charge in [-0.2, -0.15) is 5.26 Å². The molecule has 1 aliphatic carbocycles. The molecule has 0 bridgehead atoms. The van der Waals surface area contributed by atoms with Gasteiger partial charge in [-0.05, 0) is 19.3 Å². The van der Waals surface area contributed by atoms with Crippen LogP contribution in [0.3, 0.4) is 0 Å². The van der Waals surface area contributed by atoms with Gasteiger partial charge in [-0.3, -0.25) is 4.57 Å². The first kappa shape index (κ1) is 13.2. The van der Waals surface area contributed by atoms with Gasteiger partial charge in [-0.25, -0.2) is 9.89 Å². The summed E-state index contributed by atoms with van der Waals surface area (Å²) in [6, 6.07) is 2.39. The molecule has 5 nitrogen and oxygen atoms in total. The summed E-state index contributed by atoms with van der Waals surface area (Å²) in [5.74, 6) is 0.0885. The predicted octanol–water partition coefficient (Wildman–Crippen LogP) is 2.16. The molecule has 0 aromatic carbocycles. The van der Waals surface area contributed by atoms with Crippen molar-refractivity contribution in [2.45, 2.75) is 56.0 Å². The number of nitriles is 1. The number of hydrogen-bond acceptors (Lipinski definition) is 4. The maximum absolute atomic E-state index is 11.6. The third-order valence-corrected chi connectivity index (χ3v) is 4.69. The minimum Gasteiger partial charge on any atom is -0.270 e. The zero-order chi connectivity index (χ0) is 13.0. The van der Waals surface area contributed by atoms with Crippen LogP contribution in [0.25, 0.3) is 0 Å². The van der Waals surface area contributed by atoms with E-state index in [0.717, 1.165) is 37.3 Å². The number of H-pyrrole nitrogens is 1. The molecule has 18 heavy (non-hydrogen) atoms. The van der Waals surface area contributed by atoms with E-state index in [9.17, 15) is 4.79 Å². The largest absolute Gasteiger partial charge is 0.343 e. The van der Waals surface area contributed by atoms with Gasteiger partial charge in [0.15, 0.2) is 5.16 Å². The maximum Gasteiger partial charge on any atom is 0.343 e. The molecule has 0 spiro atoms. The highest BCUT2D eigenvalue weighted by atomic mass is 32.2. The van der Waals surface area contributed by atoms with Crippen LogP contribution in [-0.4, -0.2) is 20.0 Å². The zero-order valence-corrected chi connectivity index (χ0v) is 11.4. The molecule has 1 aromatic heterocycles. The van der Waals surface area contributed by atoms with Gasteiger partial charge >= 0.3 is 5.69 Å². The Bertz CT molecular complexity index is 487. The molecule has 98 valence electrons. The van der Waals surface area contributed by atoms with Gasteiger partial charge in [0.2, 0.25) is 0 Å². The number of rotatable bonds is 4. The van der Waals surface area contributed by atoms with Gasteiger partial charge < -0.3 is 0 Å². The van der Waals surface area contributed by atoms with Gasteiger partial charge in [0, 0.05) is 11.8 Å². The molecule has 0 aliphatic heterocycles. The molecule has 1 N–H and O–H groups in total. The van der Waals surface area contributed by atoms with E-state index in [1.54, 1.807) is 16.3 Å². The first-order valence-electron chi connectivity index (χ1n) is 6.47. The average molecular weight is 266 g/mol. The lowest BCUT2D eigenvalue weighted by molar-refractivity contribution is 0.438. The van der Waals surface area contributed by atoms with E-state index in [1.807, 2.05) is 6.92 Å². The highest BCUT2D eigenvalue weighted by Crippen LogP contribution is 2.36. The molecule has 1 heterocycles. The van der Waals surface area contributed by atoms with Crippen LogP contribution in [-0.2, 0) is 6.54 Å². The quantitative estimate of drug-likeness (QED) is 0.906. The van der Waals surface area contributed by atoms with Gasteiger partial charge in [-0.15, -0.1) is 5.10 Å². The molecule has 2 rings (SSSR count). The van der Waals surface area contributed by atoms with Gasteiger partial charge in [0.1, 0.15) is 0 Å². The molecule has 0 radical (unpaired) electrons. The highest BCUT2D eigenvalue weighted by Gasteiger charge is 2.27. The Morgan fingerprint density at radius 2 is 2.33 bits per heavy atom. The molecule has 0 saturated heterocycles. The number of nitrogens with zero attached hydrogens (tertiary/aromatic N) is 3. The highest BCUT2D eigenvalue weighted by molar-refractivity contribution is 7.99. The van der Waals surface area contributed by atoms with Crippen LogP contribution >= 0.6 is 11.8 Å². The Balaban J connectivity index is 2.13. The molecule has 1 aromatic rings. The first-order chi connectivity index (χ1) is 8.76. The van der Waals surface area contributed by atoms with E-state index in [2.05, 4.69) is 16.3 Å². The molecule has 2 unspecified atom stereocenters. The molecule has 0 amide bonds. The van der Waals surface area contributed by atoms with Crippen LogP contribution in [0.2, 0.25) is 0 Å². The van der Waals surface area contributed by atoms with Crippen molar-refractivity contribution in [3.05, 3.63) is 10.5 Å². The second-order valence-electron chi connectivity index (χ2n) is 4.64. The van der Waals surface area contributed by atoms with Crippen LogP contribution < -0.4 is 5.69 Å². The summed E-state index contributed by atoms with van der Waals surface area (Å²) < 4.78 is 1.67. The normalized spacial score (nSPS) is 23.8. The molecule has 6 heteroatoms. The lowest BCUT2D eigenvalue weighted by Crippen LogP contribution is -2.22. The molecule has 1 saturated carbocycles. The minimum absolute atomic E-state index is 0.0885. The number of aromatic amines is 1. The van der Waals surface area contributed by atoms with Gasteiger partial charge in [0.05, 0.1) is 12.0 Å². The standard InChI is InChI=1S/C12H18N4OS/c1-2-7-16-11(17)14-15-12(16)18-10-6-4-3-5-9(10)8-13/h9-10H,2-7H2,1H3,(H,14,17). The summed E-state index contributed by atoms with van der Waals surface area (Å²) in [5, 5.41) is 16.7. The first-order valence-corrected chi connectivity index (χ1v) is 7.35. The van der Waals surface area contributed by atoms with E-state index in [-0.39, 0.29) is 16.9 Å². The van der Waals surface area contributed by atoms with Crippen molar-refractivity contribution in [1.82, 2.24) is 14.8 Å². The predicted molar refractivity (Wildman–Crippen MR) is 70.4 cm³/mol. The number of aromatic nitrogens is 3. The van der Waals surface area contributed by atoms with Crippen LogP contribution in [0.4, 0.5) is 0 Å². The summed E-state index contributed by atoms with van der Waals surface area (Å²) in [6.07, 6.45) is 5.21. The number of nitrogens with one attached hydrogen (secondary N) is 1.